The van der Waals surface area contributed by atoms with Crippen LogP contribution in [0.15, 0.2) is 30.5 Å². The molecule has 0 saturated carbocycles. The van der Waals surface area contributed by atoms with Gasteiger partial charge in [0.15, 0.2) is 11.6 Å². The summed E-state index contributed by atoms with van der Waals surface area (Å²) < 4.78 is 14.7. The summed E-state index contributed by atoms with van der Waals surface area (Å²) in [6, 6.07) is 7.84. The summed E-state index contributed by atoms with van der Waals surface area (Å²) in [6.07, 6.45) is 2.97. The van der Waals surface area contributed by atoms with Crippen LogP contribution < -0.4 is 20.9 Å². The van der Waals surface area contributed by atoms with E-state index in [1.165, 1.54) is 6.20 Å². The Morgan fingerprint density at radius 2 is 1.70 bits per heavy atom. The number of nitrogens with one attached hydrogen (secondary N) is 3. The lowest BCUT2D eigenvalue weighted by Gasteiger charge is -2.53. The van der Waals surface area contributed by atoms with Crippen LogP contribution in [0.2, 0.25) is 0 Å². The van der Waals surface area contributed by atoms with E-state index in [0.717, 1.165) is 37.3 Å². The number of anilines is 4. The molecule has 2 aromatic rings. The lowest BCUT2D eigenvalue weighted by Crippen LogP contribution is -2.61. The summed E-state index contributed by atoms with van der Waals surface area (Å²) in [5, 5.41) is 9.29. The summed E-state index contributed by atoms with van der Waals surface area (Å²) in [5.41, 5.74) is 1.81. The molecule has 3 N–H and O–H groups in total. The molecule has 9 nitrogen and oxygen atoms in total. The number of aromatic nitrogens is 2. The highest BCUT2D eigenvalue weighted by Gasteiger charge is 2.43. The molecule has 0 bridgehead atoms. The van der Waals surface area contributed by atoms with Crippen molar-refractivity contribution in [2.45, 2.75) is 63.7 Å². The highest BCUT2D eigenvalue weighted by atomic mass is 19.1. The number of hydrogen-bond donors (Lipinski definition) is 3. The molecule has 0 radical (unpaired) electrons. The van der Waals surface area contributed by atoms with E-state index in [-0.39, 0.29) is 34.9 Å². The smallest absolute Gasteiger partial charge is 0.238 e. The van der Waals surface area contributed by atoms with E-state index in [2.05, 4.69) is 75.4 Å². The number of likely N-dealkylation sites (tertiary alicyclic amines) is 1. The van der Waals surface area contributed by atoms with Crippen LogP contribution in [0.25, 0.3) is 0 Å². The molecular weight excluding hydrogens is 471 g/mol. The minimum atomic E-state index is -0.462. The van der Waals surface area contributed by atoms with Crippen molar-refractivity contribution in [3.05, 3.63) is 36.3 Å². The molecule has 37 heavy (non-hydrogen) atoms. The van der Waals surface area contributed by atoms with Crippen molar-refractivity contribution in [1.29, 1.82) is 0 Å². The third-order valence-corrected chi connectivity index (χ3v) is 8.08. The van der Waals surface area contributed by atoms with E-state index in [9.17, 15) is 9.18 Å². The normalized spacial score (nSPS) is 22.5. The number of likely N-dealkylation sites (N-methyl/N-ethyl adjacent to an activating group) is 2. The number of carbonyl (C=O) groups is 1. The Kier molecular flexibility index (Phi) is 7.62. The Balaban J connectivity index is 1.43. The highest BCUT2D eigenvalue weighted by molar-refractivity contribution is 5.82. The number of piperazine rings is 1. The van der Waals surface area contributed by atoms with Gasteiger partial charge in [-0.1, -0.05) is 0 Å². The topological polar surface area (TPSA) is 88.7 Å². The molecular formula is C27H41FN8O. The molecule has 2 fully saturated rings. The standard InChI is InChI=1S/C27H41FN8O/c1-26(2)14-19(15-27(3,4)35(26)7)31-23-21(28)16-30-25(33-23)32-18-8-10-20(11-9-18)36-13-12-34(6)22(17-36)24(37)29-5/h8-11,16,19,22H,12-15,17H2,1-7H3,(H,29,37)(H2,30,31,32,33). The number of benzene rings is 1. The van der Waals surface area contributed by atoms with Crippen LogP contribution in [-0.2, 0) is 4.79 Å². The first-order valence-electron chi connectivity index (χ1n) is 13.0. The van der Waals surface area contributed by atoms with Gasteiger partial charge < -0.3 is 20.9 Å². The fourth-order valence-corrected chi connectivity index (χ4v) is 5.64. The van der Waals surface area contributed by atoms with Gasteiger partial charge in [0, 0.05) is 55.2 Å². The molecule has 2 aliphatic heterocycles. The average Bonchev–Trinajstić information content (AvgIpc) is 2.84. The van der Waals surface area contributed by atoms with Gasteiger partial charge in [-0.2, -0.15) is 4.98 Å². The van der Waals surface area contributed by atoms with Crippen molar-refractivity contribution in [2.24, 2.45) is 0 Å². The lowest BCUT2D eigenvalue weighted by molar-refractivity contribution is -0.125. The molecule has 1 aromatic heterocycles. The maximum Gasteiger partial charge on any atom is 0.238 e. The molecule has 1 amide bonds. The van der Waals surface area contributed by atoms with Crippen LogP contribution in [-0.4, -0.2) is 89.6 Å². The van der Waals surface area contributed by atoms with Crippen molar-refractivity contribution in [2.75, 3.05) is 56.3 Å². The number of hydrogen-bond acceptors (Lipinski definition) is 8. The maximum atomic E-state index is 14.7. The van der Waals surface area contributed by atoms with Gasteiger partial charge in [0.1, 0.15) is 6.04 Å². The molecule has 2 aliphatic rings. The van der Waals surface area contributed by atoms with E-state index >= 15 is 0 Å². The van der Waals surface area contributed by atoms with Gasteiger partial charge in [-0.05, 0) is 78.9 Å². The van der Waals surface area contributed by atoms with E-state index < -0.39 is 5.82 Å². The predicted molar refractivity (Wildman–Crippen MR) is 147 cm³/mol. The van der Waals surface area contributed by atoms with Gasteiger partial charge >= 0.3 is 0 Å². The van der Waals surface area contributed by atoms with Gasteiger partial charge in [0.25, 0.3) is 0 Å². The summed E-state index contributed by atoms with van der Waals surface area (Å²) in [5.74, 6) is 0.113. The molecule has 202 valence electrons. The highest BCUT2D eigenvalue weighted by Crippen LogP contribution is 2.38. The first-order chi connectivity index (χ1) is 17.4. The van der Waals surface area contributed by atoms with Crippen LogP contribution in [0.4, 0.5) is 27.5 Å². The Bertz CT molecular complexity index is 1090. The molecule has 1 unspecified atom stereocenters. The van der Waals surface area contributed by atoms with Crippen molar-refractivity contribution < 1.29 is 9.18 Å². The molecule has 0 spiro atoms. The van der Waals surface area contributed by atoms with Gasteiger partial charge in [-0.15, -0.1) is 0 Å². The van der Waals surface area contributed by atoms with E-state index in [4.69, 9.17) is 0 Å². The number of halogens is 1. The Hall–Kier alpha value is -2.98. The quantitative estimate of drug-likeness (QED) is 0.544. The lowest BCUT2D eigenvalue weighted by atomic mass is 9.77. The van der Waals surface area contributed by atoms with E-state index in [0.29, 0.717) is 12.5 Å². The second-order valence-electron chi connectivity index (χ2n) is 11.6. The molecule has 2 saturated heterocycles. The summed E-state index contributed by atoms with van der Waals surface area (Å²) in [6.45, 7) is 11.2. The van der Waals surface area contributed by atoms with Crippen LogP contribution >= 0.6 is 0 Å². The first-order valence-corrected chi connectivity index (χ1v) is 13.0. The van der Waals surface area contributed by atoms with E-state index in [1.807, 2.05) is 31.3 Å². The summed E-state index contributed by atoms with van der Waals surface area (Å²) in [7, 11) is 5.80. The van der Waals surface area contributed by atoms with Crippen LogP contribution in [0.5, 0.6) is 0 Å². The Morgan fingerprint density at radius 3 is 2.32 bits per heavy atom. The molecule has 4 rings (SSSR count). The second-order valence-corrected chi connectivity index (χ2v) is 11.6. The number of nitrogens with zero attached hydrogens (tertiary/aromatic N) is 5. The second kappa shape index (κ2) is 10.4. The number of carbonyl (C=O) groups excluding carboxylic acids is 1. The summed E-state index contributed by atoms with van der Waals surface area (Å²) in [4.78, 5) is 27.5. The minimum Gasteiger partial charge on any atom is -0.368 e. The zero-order valence-electron chi connectivity index (χ0n) is 23.1. The fraction of sp³-hybridized carbons (Fsp3) is 0.593. The monoisotopic (exact) mass is 512 g/mol. The third kappa shape index (κ3) is 5.96. The molecule has 10 heteroatoms. The van der Waals surface area contributed by atoms with Crippen molar-refractivity contribution >= 4 is 29.0 Å². The maximum absolute atomic E-state index is 14.7. The molecule has 0 aliphatic carbocycles. The summed E-state index contributed by atoms with van der Waals surface area (Å²) >= 11 is 0. The van der Waals surface area contributed by atoms with Crippen LogP contribution in [0.3, 0.4) is 0 Å². The largest absolute Gasteiger partial charge is 0.368 e. The molecule has 1 aromatic carbocycles. The number of rotatable bonds is 6. The van der Waals surface area contributed by atoms with E-state index in [1.54, 1.807) is 7.05 Å². The molecule has 3 heterocycles. The zero-order valence-corrected chi connectivity index (χ0v) is 23.1. The van der Waals surface area contributed by atoms with Crippen molar-refractivity contribution in [1.82, 2.24) is 25.1 Å². The van der Waals surface area contributed by atoms with Crippen LogP contribution in [0, 0.1) is 5.82 Å². The van der Waals surface area contributed by atoms with Crippen molar-refractivity contribution in [3.8, 4) is 0 Å². The number of piperidine rings is 1. The first kappa shape index (κ1) is 27.1. The van der Waals surface area contributed by atoms with Crippen LogP contribution in [0.1, 0.15) is 40.5 Å². The van der Waals surface area contributed by atoms with Gasteiger partial charge in [-0.25, -0.2) is 9.37 Å². The van der Waals surface area contributed by atoms with Gasteiger partial charge in [-0.3, -0.25) is 14.6 Å². The number of amides is 1. The third-order valence-electron chi connectivity index (χ3n) is 8.08. The average molecular weight is 513 g/mol. The predicted octanol–water partition coefficient (Wildman–Crippen LogP) is 3.29. The van der Waals surface area contributed by atoms with Gasteiger partial charge in [0.05, 0.1) is 6.20 Å². The van der Waals surface area contributed by atoms with Crippen molar-refractivity contribution in [3.63, 3.8) is 0 Å². The molecule has 1 atom stereocenters. The Morgan fingerprint density at radius 1 is 1.05 bits per heavy atom. The SMILES string of the molecule is CNC(=O)C1CN(c2ccc(Nc3ncc(F)c(NC4CC(C)(C)N(C)C(C)(C)C4)n3)cc2)CCN1C. The minimum absolute atomic E-state index is 0.0180. The van der Waals surface area contributed by atoms with Gasteiger partial charge in [0.2, 0.25) is 11.9 Å². The Labute approximate surface area is 219 Å². The fourth-order valence-electron chi connectivity index (χ4n) is 5.64. The zero-order chi connectivity index (χ0) is 27.0.